The van der Waals surface area contributed by atoms with E-state index in [0.717, 1.165) is 23.0 Å². The van der Waals surface area contributed by atoms with Crippen LogP contribution in [-0.2, 0) is 4.79 Å². The van der Waals surface area contributed by atoms with Crippen LogP contribution in [0.25, 0.3) is 5.57 Å². The first kappa shape index (κ1) is 22.6. The molecule has 33 heavy (non-hydrogen) atoms. The van der Waals surface area contributed by atoms with Crippen molar-refractivity contribution in [1.29, 1.82) is 0 Å². The van der Waals surface area contributed by atoms with Crippen LogP contribution >= 0.6 is 23.1 Å². The number of hydrogen-bond acceptors (Lipinski definition) is 8. The number of thiazole rings is 1. The Balaban J connectivity index is 1.36. The Kier molecular flexibility index (Phi) is 6.09. The van der Waals surface area contributed by atoms with Gasteiger partial charge in [-0.1, -0.05) is 55.1 Å². The van der Waals surface area contributed by atoms with E-state index in [9.17, 15) is 20.1 Å². The van der Waals surface area contributed by atoms with Crippen LogP contribution in [0.15, 0.2) is 56.7 Å². The van der Waals surface area contributed by atoms with Crippen LogP contribution in [0.5, 0.6) is 0 Å². The topological polar surface area (TPSA) is 106 Å². The van der Waals surface area contributed by atoms with E-state index in [1.165, 1.54) is 34.2 Å². The molecule has 174 valence electrons. The van der Waals surface area contributed by atoms with Crippen LogP contribution in [0.2, 0.25) is 0 Å². The lowest BCUT2D eigenvalue weighted by molar-refractivity contribution is -0.192. The van der Waals surface area contributed by atoms with Crippen LogP contribution in [-0.4, -0.2) is 56.1 Å². The van der Waals surface area contributed by atoms with Crippen LogP contribution in [0, 0.1) is 11.8 Å². The molecule has 1 saturated heterocycles. The molecular weight excluding hydrogens is 458 g/mol. The zero-order chi connectivity index (χ0) is 23.3. The van der Waals surface area contributed by atoms with E-state index in [1.807, 2.05) is 30.5 Å². The second kappa shape index (κ2) is 8.88. The molecule has 1 aromatic heterocycles. The highest BCUT2D eigenvalue weighted by atomic mass is 32.2. The number of nitrogens with one attached hydrogen (secondary N) is 1. The van der Waals surface area contributed by atoms with Gasteiger partial charge in [-0.25, -0.2) is 9.78 Å². The third-order valence-electron chi connectivity index (χ3n) is 6.87. The number of carbonyl (C=O) groups is 1. The number of carboxylic acid groups (broad SMARTS) is 1. The molecule has 4 N–H and O–H groups in total. The molecule has 3 aliphatic rings. The Hall–Kier alpha value is -2.17. The molecule has 0 amide bonds. The SMILES string of the molecule is C[C@@H](O)[C@H]1C(O)N2C(C(=O)O)=C(Sc3nc(C4=CCN[C@H](c5ccccc5)C4)cs3)[C@H](C)[C@H]12. The van der Waals surface area contributed by atoms with Gasteiger partial charge in [-0.05, 0) is 24.5 Å². The summed E-state index contributed by atoms with van der Waals surface area (Å²) in [6.07, 6.45) is 1.32. The molecule has 7 nitrogen and oxygen atoms in total. The van der Waals surface area contributed by atoms with E-state index in [1.54, 1.807) is 11.8 Å². The number of rotatable bonds is 6. The Morgan fingerprint density at radius 3 is 2.79 bits per heavy atom. The second-order valence-corrected chi connectivity index (χ2v) is 11.0. The van der Waals surface area contributed by atoms with E-state index in [2.05, 4.69) is 23.5 Å². The predicted molar refractivity (Wildman–Crippen MR) is 128 cm³/mol. The van der Waals surface area contributed by atoms with Crippen molar-refractivity contribution in [2.45, 2.75) is 49.0 Å². The Bertz CT molecular complexity index is 1110. The fraction of sp³-hybridized carbons (Fsp3) is 0.417. The molecular formula is C24H27N3O4S2. The normalized spacial score (nSPS) is 30.0. The molecule has 1 fully saturated rings. The molecule has 0 radical (unpaired) electrons. The van der Waals surface area contributed by atoms with E-state index in [-0.39, 0.29) is 29.6 Å². The van der Waals surface area contributed by atoms with Gasteiger partial charge < -0.3 is 25.5 Å². The number of thioether (sulfide) groups is 1. The third kappa shape index (κ3) is 3.91. The average molecular weight is 486 g/mol. The summed E-state index contributed by atoms with van der Waals surface area (Å²) in [5.41, 5.74) is 3.49. The van der Waals surface area contributed by atoms with Gasteiger partial charge in [0.2, 0.25) is 0 Å². The van der Waals surface area contributed by atoms with Gasteiger partial charge in [0.15, 0.2) is 4.34 Å². The van der Waals surface area contributed by atoms with Crippen LogP contribution in [0.4, 0.5) is 0 Å². The van der Waals surface area contributed by atoms with Crippen molar-refractivity contribution in [3.8, 4) is 0 Å². The quantitative estimate of drug-likeness (QED) is 0.494. The number of aromatic nitrogens is 1. The first-order valence-corrected chi connectivity index (χ1v) is 12.8. The fourth-order valence-corrected chi connectivity index (χ4v) is 7.36. The van der Waals surface area contributed by atoms with Crippen LogP contribution < -0.4 is 5.32 Å². The molecule has 0 bridgehead atoms. The minimum Gasteiger partial charge on any atom is -0.477 e. The molecule has 4 heterocycles. The molecule has 0 saturated carbocycles. The lowest BCUT2D eigenvalue weighted by Gasteiger charge is -2.53. The van der Waals surface area contributed by atoms with Gasteiger partial charge in [-0.3, -0.25) is 0 Å². The number of aliphatic hydroxyl groups excluding tert-OH is 2. The number of carboxylic acids is 1. The summed E-state index contributed by atoms with van der Waals surface area (Å²) in [5, 5.41) is 36.0. The van der Waals surface area contributed by atoms with Crippen molar-refractivity contribution >= 4 is 34.6 Å². The Morgan fingerprint density at radius 1 is 1.33 bits per heavy atom. The molecule has 9 heteroatoms. The summed E-state index contributed by atoms with van der Waals surface area (Å²) in [4.78, 5) is 19.1. The number of aliphatic carboxylic acids is 1. The average Bonchev–Trinajstić information content (AvgIpc) is 3.36. The van der Waals surface area contributed by atoms with Crippen molar-refractivity contribution < 1.29 is 20.1 Å². The molecule has 3 aliphatic heterocycles. The molecule has 1 unspecified atom stereocenters. The van der Waals surface area contributed by atoms with Crippen molar-refractivity contribution in [2.75, 3.05) is 6.54 Å². The van der Waals surface area contributed by atoms with E-state index in [4.69, 9.17) is 4.98 Å². The minimum atomic E-state index is -1.06. The summed E-state index contributed by atoms with van der Waals surface area (Å²) >= 11 is 2.88. The highest BCUT2D eigenvalue weighted by Gasteiger charge is 2.59. The van der Waals surface area contributed by atoms with Crippen molar-refractivity contribution in [3.63, 3.8) is 0 Å². The largest absolute Gasteiger partial charge is 0.477 e. The number of fused-ring (bicyclic) bond motifs is 1. The first-order valence-electron chi connectivity index (χ1n) is 11.1. The Morgan fingerprint density at radius 2 is 2.09 bits per heavy atom. The standard InChI is InChI=1S/C24H27N3O4S2/c1-12-19-18(13(2)28)22(29)27(19)20(23(30)31)21(12)33-24-26-17(11-32-24)15-8-9-25-16(10-15)14-6-4-3-5-7-14/h3-8,11-13,16,18-19,22,25,28-29H,9-10H2,1-2H3,(H,30,31)/t12-,13-,16+,18-,19-,22?/m1/s1. The van der Waals surface area contributed by atoms with E-state index < -0.39 is 18.3 Å². The predicted octanol–water partition coefficient (Wildman–Crippen LogP) is 3.30. The molecule has 1 aromatic carbocycles. The molecule has 6 atom stereocenters. The lowest BCUT2D eigenvalue weighted by atomic mass is 9.78. The summed E-state index contributed by atoms with van der Waals surface area (Å²) in [5.74, 6) is -1.54. The molecule has 5 rings (SSSR count). The van der Waals surface area contributed by atoms with Gasteiger partial charge in [-0.2, -0.15) is 0 Å². The molecule has 0 aliphatic carbocycles. The minimum absolute atomic E-state index is 0.114. The number of benzene rings is 1. The van der Waals surface area contributed by atoms with Gasteiger partial charge in [0.05, 0.1) is 17.7 Å². The zero-order valence-corrected chi connectivity index (χ0v) is 20.0. The maximum atomic E-state index is 12.1. The smallest absolute Gasteiger partial charge is 0.353 e. The maximum Gasteiger partial charge on any atom is 0.353 e. The highest BCUT2D eigenvalue weighted by molar-refractivity contribution is 8.04. The summed E-state index contributed by atoms with van der Waals surface area (Å²) in [6.45, 7) is 4.38. The van der Waals surface area contributed by atoms with Crippen molar-refractivity contribution in [3.05, 3.63) is 63.6 Å². The van der Waals surface area contributed by atoms with E-state index in [0.29, 0.717) is 4.91 Å². The summed E-state index contributed by atoms with van der Waals surface area (Å²) in [7, 11) is 0. The summed E-state index contributed by atoms with van der Waals surface area (Å²) < 4.78 is 0.784. The monoisotopic (exact) mass is 485 g/mol. The maximum absolute atomic E-state index is 12.1. The fourth-order valence-electron chi connectivity index (χ4n) is 5.24. The van der Waals surface area contributed by atoms with Crippen molar-refractivity contribution in [1.82, 2.24) is 15.2 Å². The Labute approximate surface area is 200 Å². The van der Waals surface area contributed by atoms with Gasteiger partial charge in [0, 0.05) is 34.8 Å². The third-order valence-corrected chi connectivity index (χ3v) is 9.09. The number of nitrogens with zero attached hydrogens (tertiary/aromatic N) is 2. The first-order chi connectivity index (χ1) is 15.9. The van der Waals surface area contributed by atoms with Gasteiger partial charge in [0.25, 0.3) is 0 Å². The zero-order valence-electron chi connectivity index (χ0n) is 18.4. The highest BCUT2D eigenvalue weighted by Crippen LogP contribution is 2.54. The number of aliphatic hydroxyl groups is 2. The van der Waals surface area contributed by atoms with Crippen LogP contribution in [0.1, 0.15) is 37.6 Å². The van der Waals surface area contributed by atoms with Gasteiger partial charge in [0.1, 0.15) is 11.9 Å². The molecule has 0 spiro atoms. The molecule has 2 aromatic rings. The summed E-state index contributed by atoms with van der Waals surface area (Å²) in [6, 6.07) is 10.4. The van der Waals surface area contributed by atoms with E-state index >= 15 is 0 Å². The van der Waals surface area contributed by atoms with Crippen LogP contribution in [0.3, 0.4) is 0 Å². The second-order valence-electron chi connectivity index (χ2n) is 8.84. The van der Waals surface area contributed by atoms with Gasteiger partial charge >= 0.3 is 5.97 Å². The van der Waals surface area contributed by atoms with Gasteiger partial charge in [-0.15, -0.1) is 11.3 Å². The lowest BCUT2D eigenvalue weighted by Crippen LogP contribution is -2.66. The van der Waals surface area contributed by atoms with Crippen molar-refractivity contribution in [2.24, 2.45) is 11.8 Å². The number of hydrogen-bond donors (Lipinski definition) is 4.